The van der Waals surface area contributed by atoms with Crippen LogP contribution in [0.5, 0.6) is 5.75 Å². The Morgan fingerprint density at radius 1 is 1.35 bits per heavy atom. The van der Waals surface area contributed by atoms with Crippen molar-refractivity contribution in [3.8, 4) is 5.75 Å². The molecule has 1 aliphatic rings. The molecule has 0 bridgehead atoms. The Bertz CT molecular complexity index is 479. The first kappa shape index (κ1) is 14.4. The molecule has 1 unspecified atom stereocenters. The van der Waals surface area contributed by atoms with Crippen LogP contribution >= 0.6 is 0 Å². The lowest BCUT2D eigenvalue weighted by Gasteiger charge is -2.16. The van der Waals surface area contributed by atoms with Crippen LogP contribution in [-0.2, 0) is 4.79 Å². The van der Waals surface area contributed by atoms with Gasteiger partial charge in [0.05, 0.1) is 13.0 Å². The van der Waals surface area contributed by atoms with Crippen LogP contribution in [0.3, 0.4) is 0 Å². The van der Waals surface area contributed by atoms with Gasteiger partial charge in [0.25, 0.3) is 5.91 Å². The van der Waals surface area contributed by atoms with Crippen molar-refractivity contribution in [1.82, 2.24) is 5.32 Å². The van der Waals surface area contributed by atoms with Crippen LogP contribution in [0.15, 0.2) is 24.3 Å². The molecule has 0 saturated heterocycles. The van der Waals surface area contributed by atoms with E-state index in [1.807, 2.05) is 6.92 Å². The second kappa shape index (κ2) is 6.41. The zero-order valence-corrected chi connectivity index (χ0v) is 11.5. The summed E-state index contributed by atoms with van der Waals surface area (Å²) in [6.45, 7) is 2.47. The van der Waals surface area contributed by atoms with E-state index in [-0.39, 0.29) is 18.4 Å². The quantitative estimate of drug-likeness (QED) is 0.800. The van der Waals surface area contributed by atoms with Crippen LogP contribution in [0.1, 0.15) is 36.5 Å². The normalized spacial score (nSPS) is 15.4. The third-order valence-electron chi connectivity index (χ3n) is 3.33. The second-order valence-electron chi connectivity index (χ2n) is 4.97. The molecular formula is C15H19NO4. The van der Waals surface area contributed by atoms with Crippen molar-refractivity contribution < 1.29 is 19.4 Å². The topological polar surface area (TPSA) is 75.6 Å². The lowest BCUT2D eigenvalue weighted by atomic mass is 10.1. The molecule has 1 amide bonds. The molecule has 1 aromatic rings. The number of aliphatic carboxylic acids is 1. The first-order valence-corrected chi connectivity index (χ1v) is 6.85. The van der Waals surface area contributed by atoms with E-state index in [9.17, 15) is 9.59 Å². The maximum absolute atomic E-state index is 12.1. The zero-order valence-electron chi connectivity index (χ0n) is 11.5. The van der Waals surface area contributed by atoms with Gasteiger partial charge in [-0.2, -0.15) is 0 Å². The number of benzene rings is 1. The van der Waals surface area contributed by atoms with Gasteiger partial charge in [0.1, 0.15) is 5.75 Å². The second-order valence-corrected chi connectivity index (χ2v) is 4.97. The Morgan fingerprint density at radius 2 is 2.00 bits per heavy atom. The summed E-state index contributed by atoms with van der Waals surface area (Å²) in [5.41, 5.74) is 0.518. The predicted molar refractivity (Wildman–Crippen MR) is 73.8 cm³/mol. The summed E-state index contributed by atoms with van der Waals surface area (Å²) in [7, 11) is 0. The molecule has 1 aromatic carbocycles. The molecule has 1 fully saturated rings. The third kappa shape index (κ3) is 3.98. The van der Waals surface area contributed by atoms with Gasteiger partial charge in [-0.25, -0.2) is 0 Å². The molecule has 2 rings (SSSR count). The fourth-order valence-corrected chi connectivity index (χ4v) is 2.14. The number of hydrogen-bond donors (Lipinski definition) is 2. The van der Waals surface area contributed by atoms with Gasteiger partial charge in [-0.15, -0.1) is 0 Å². The van der Waals surface area contributed by atoms with Gasteiger partial charge in [0.2, 0.25) is 0 Å². The highest BCUT2D eigenvalue weighted by molar-refractivity contribution is 5.94. The number of ether oxygens (including phenoxy) is 1. The molecule has 2 N–H and O–H groups in total. The lowest BCUT2D eigenvalue weighted by Crippen LogP contribution is -2.38. The highest BCUT2D eigenvalue weighted by atomic mass is 16.5. The monoisotopic (exact) mass is 277 g/mol. The predicted octanol–water partition coefficient (Wildman–Crippen LogP) is 2.07. The Morgan fingerprint density at radius 3 is 2.50 bits per heavy atom. The van der Waals surface area contributed by atoms with Gasteiger partial charge in [-0.1, -0.05) is 0 Å². The summed E-state index contributed by atoms with van der Waals surface area (Å²) in [5.74, 6) is -0.0915. The van der Waals surface area contributed by atoms with E-state index in [0.717, 1.165) is 12.8 Å². The number of hydrogen-bond acceptors (Lipinski definition) is 3. The van der Waals surface area contributed by atoms with E-state index in [2.05, 4.69) is 5.32 Å². The highest BCUT2D eigenvalue weighted by Gasteiger charge is 2.33. The van der Waals surface area contributed by atoms with Gasteiger partial charge in [-0.05, 0) is 49.9 Å². The average molecular weight is 277 g/mol. The third-order valence-corrected chi connectivity index (χ3v) is 3.33. The molecule has 5 nitrogen and oxygen atoms in total. The molecule has 0 spiro atoms. The molecule has 1 saturated carbocycles. The van der Waals surface area contributed by atoms with Crippen LogP contribution in [0.4, 0.5) is 0 Å². The van der Waals surface area contributed by atoms with Crippen molar-refractivity contribution in [3.05, 3.63) is 29.8 Å². The van der Waals surface area contributed by atoms with E-state index in [4.69, 9.17) is 9.84 Å². The van der Waals surface area contributed by atoms with Crippen LogP contribution in [0, 0.1) is 5.92 Å². The van der Waals surface area contributed by atoms with E-state index >= 15 is 0 Å². The summed E-state index contributed by atoms with van der Waals surface area (Å²) < 4.78 is 5.31. The van der Waals surface area contributed by atoms with Crippen LogP contribution in [-0.4, -0.2) is 29.6 Å². The number of amides is 1. The molecule has 0 radical (unpaired) electrons. The standard InChI is InChI=1S/C15H19NO4/c1-2-20-12-7-5-11(6-8-12)15(19)16-13(9-14(17)18)10-3-4-10/h5-8,10,13H,2-4,9H2,1H3,(H,16,19)(H,17,18). The fraction of sp³-hybridized carbons (Fsp3) is 0.467. The number of rotatable bonds is 7. The molecular weight excluding hydrogens is 258 g/mol. The first-order chi connectivity index (χ1) is 9.60. The number of nitrogens with one attached hydrogen (secondary N) is 1. The SMILES string of the molecule is CCOc1ccc(C(=O)NC(CC(=O)O)C2CC2)cc1. The van der Waals surface area contributed by atoms with E-state index in [0.29, 0.717) is 23.8 Å². The van der Waals surface area contributed by atoms with Crippen molar-refractivity contribution >= 4 is 11.9 Å². The summed E-state index contributed by atoms with van der Waals surface area (Å²) >= 11 is 0. The zero-order chi connectivity index (χ0) is 14.5. The molecule has 1 aliphatic carbocycles. The first-order valence-electron chi connectivity index (χ1n) is 6.85. The van der Waals surface area contributed by atoms with E-state index < -0.39 is 5.97 Å². The average Bonchev–Trinajstić information content (AvgIpc) is 3.23. The Hall–Kier alpha value is -2.04. The Kier molecular flexibility index (Phi) is 4.61. The molecule has 5 heteroatoms. The Labute approximate surface area is 117 Å². The minimum absolute atomic E-state index is 0.0204. The molecule has 0 aromatic heterocycles. The van der Waals surface area contributed by atoms with E-state index in [1.165, 1.54) is 0 Å². The number of carbonyl (C=O) groups is 2. The Balaban J connectivity index is 1.97. The van der Waals surface area contributed by atoms with Gasteiger partial charge in [0.15, 0.2) is 0 Å². The largest absolute Gasteiger partial charge is 0.494 e. The van der Waals surface area contributed by atoms with Crippen LogP contribution in [0.2, 0.25) is 0 Å². The van der Waals surface area contributed by atoms with Crippen LogP contribution < -0.4 is 10.1 Å². The summed E-state index contributed by atoms with van der Waals surface area (Å²) in [6.07, 6.45) is 1.95. The maximum atomic E-state index is 12.1. The van der Waals surface area contributed by atoms with Gasteiger partial charge in [-0.3, -0.25) is 9.59 Å². The molecule has 0 heterocycles. The molecule has 0 aliphatic heterocycles. The van der Waals surface area contributed by atoms with Crippen LogP contribution in [0.25, 0.3) is 0 Å². The van der Waals surface area contributed by atoms with Crippen molar-refractivity contribution in [2.45, 2.75) is 32.2 Å². The number of carboxylic acid groups (broad SMARTS) is 1. The highest BCUT2D eigenvalue weighted by Crippen LogP contribution is 2.34. The smallest absolute Gasteiger partial charge is 0.305 e. The number of carboxylic acids is 1. The fourth-order valence-electron chi connectivity index (χ4n) is 2.14. The molecule has 1 atom stereocenters. The van der Waals surface area contributed by atoms with E-state index in [1.54, 1.807) is 24.3 Å². The minimum atomic E-state index is -0.881. The van der Waals surface area contributed by atoms with Crippen molar-refractivity contribution in [2.75, 3.05) is 6.61 Å². The maximum Gasteiger partial charge on any atom is 0.305 e. The number of carbonyl (C=O) groups excluding carboxylic acids is 1. The van der Waals surface area contributed by atoms with Gasteiger partial charge >= 0.3 is 5.97 Å². The summed E-state index contributed by atoms with van der Waals surface area (Å²) in [5, 5.41) is 11.7. The summed E-state index contributed by atoms with van der Waals surface area (Å²) in [6, 6.07) is 6.58. The van der Waals surface area contributed by atoms with Gasteiger partial charge < -0.3 is 15.2 Å². The molecule has 20 heavy (non-hydrogen) atoms. The van der Waals surface area contributed by atoms with Crippen molar-refractivity contribution in [3.63, 3.8) is 0 Å². The van der Waals surface area contributed by atoms with Crippen molar-refractivity contribution in [2.24, 2.45) is 5.92 Å². The lowest BCUT2D eigenvalue weighted by molar-refractivity contribution is -0.137. The summed E-state index contributed by atoms with van der Waals surface area (Å²) in [4.78, 5) is 22.9. The van der Waals surface area contributed by atoms with Crippen molar-refractivity contribution in [1.29, 1.82) is 0 Å². The van der Waals surface area contributed by atoms with Gasteiger partial charge in [0, 0.05) is 11.6 Å². The molecule has 108 valence electrons. The minimum Gasteiger partial charge on any atom is -0.494 e.